The molecule has 25 heavy (non-hydrogen) atoms. The van der Waals surface area contributed by atoms with E-state index >= 15 is 0 Å². The maximum absolute atomic E-state index is 13.3. The first-order valence-electron chi connectivity index (χ1n) is 6.96. The first kappa shape index (κ1) is 17.7. The van der Waals surface area contributed by atoms with E-state index in [-0.39, 0.29) is 5.56 Å². The van der Waals surface area contributed by atoms with Crippen molar-refractivity contribution in [3.63, 3.8) is 0 Å². The number of halogens is 5. The van der Waals surface area contributed by atoms with Crippen molar-refractivity contribution >= 4 is 46.5 Å². The number of nitrogens with zero attached hydrogens (tertiary/aromatic N) is 2. The molecule has 0 saturated carbocycles. The average molecular weight is 385 g/mol. The summed E-state index contributed by atoms with van der Waals surface area (Å²) in [6, 6.07) is 9.68. The Hall–Kier alpha value is -2.12. The number of rotatable bonds is 2. The van der Waals surface area contributed by atoms with Gasteiger partial charge in [-0.25, -0.2) is 14.4 Å². The summed E-state index contributed by atoms with van der Waals surface area (Å²) in [6.45, 7) is 0. The van der Waals surface area contributed by atoms with Crippen molar-refractivity contribution in [1.29, 1.82) is 0 Å². The van der Waals surface area contributed by atoms with Crippen LogP contribution in [0.15, 0.2) is 57.4 Å². The van der Waals surface area contributed by atoms with Crippen molar-refractivity contribution in [3.8, 4) is 0 Å². The predicted molar refractivity (Wildman–Crippen MR) is 94.0 cm³/mol. The number of amidine groups is 1. The van der Waals surface area contributed by atoms with Crippen LogP contribution in [0, 0.1) is 5.82 Å². The summed E-state index contributed by atoms with van der Waals surface area (Å²) < 4.78 is 51.6. The van der Waals surface area contributed by atoms with E-state index in [2.05, 4.69) is 9.98 Å². The first-order valence-corrected chi connectivity index (χ1v) is 8.15. The molecule has 0 atom stereocenters. The predicted octanol–water partition coefficient (Wildman–Crippen LogP) is 6.34. The molecule has 0 saturated heterocycles. The van der Waals surface area contributed by atoms with Gasteiger partial charge >= 0.3 is 6.18 Å². The molecule has 0 spiro atoms. The Bertz CT molecular complexity index is 887. The monoisotopic (exact) mass is 384 g/mol. The van der Waals surface area contributed by atoms with Gasteiger partial charge in [0.15, 0.2) is 5.17 Å². The molecule has 2 aromatic carbocycles. The van der Waals surface area contributed by atoms with Crippen LogP contribution in [0.4, 0.5) is 23.2 Å². The van der Waals surface area contributed by atoms with Gasteiger partial charge in [-0.1, -0.05) is 17.7 Å². The molecule has 0 aromatic heterocycles. The highest BCUT2D eigenvalue weighted by atomic mass is 35.5. The van der Waals surface area contributed by atoms with Gasteiger partial charge in [0.2, 0.25) is 0 Å². The molecule has 0 bridgehead atoms. The van der Waals surface area contributed by atoms with Crippen LogP contribution in [0.3, 0.4) is 0 Å². The summed E-state index contributed by atoms with van der Waals surface area (Å²) in [5.41, 5.74) is -0.404. The Balaban J connectivity index is 1.80. The van der Waals surface area contributed by atoms with E-state index in [9.17, 15) is 17.6 Å². The second kappa shape index (κ2) is 7.01. The smallest absolute Gasteiger partial charge is 0.230 e. The molecule has 1 aliphatic heterocycles. The van der Waals surface area contributed by atoms with Crippen LogP contribution < -0.4 is 0 Å². The zero-order valence-electron chi connectivity index (χ0n) is 12.4. The van der Waals surface area contributed by atoms with Crippen molar-refractivity contribution < 1.29 is 17.6 Å². The van der Waals surface area contributed by atoms with Gasteiger partial charge in [-0.15, -0.1) is 0 Å². The molecular weight excluding hydrogens is 376 g/mol. The highest BCUT2D eigenvalue weighted by Gasteiger charge is 2.34. The molecule has 3 rings (SSSR count). The molecule has 128 valence electrons. The lowest BCUT2D eigenvalue weighted by molar-refractivity contribution is -0.140. The second-order valence-electron chi connectivity index (χ2n) is 5.01. The van der Waals surface area contributed by atoms with Gasteiger partial charge < -0.3 is 0 Å². The van der Waals surface area contributed by atoms with E-state index in [1.165, 1.54) is 30.1 Å². The third kappa shape index (κ3) is 4.49. The van der Waals surface area contributed by atoms with Gasteiger partial charge in [0.05, 0.1) is 11.3 Å². The Morgan fingerprint density at radius 3 is 2.48 bits per heavy atom. The van der Waals surface area contributed by atoms with E-state index < -0.39 is 17.6 Å². The number of alkyl halides is 3. The fourth-order valence-corrected chi connectivity index (χ4v) is 2.93. The standard InChI is InChI=1S/C17H9ClF4N2S/c18-11-2-4-12(5-3-11)24-16-23-9-13(25-16)7-10-1-6-15(19)14(8-10)17(20,21)22/h1-9H. The topological polar surface area (TPSA) is 24.7 Å². The normalized spacial score (nSPS) is 17.6. The molecular formula is C17H9ClF4N2S. The molecule has 0 radical (unpaired) electrons. The molecule has 1 aliphatic rings. The third-order valence-electron chi connectivity index (χ3n) is 3.17. The fourth-order valence-electron chi connectivity index (χ4n) is 2.04. The van der Waals surface area contributed by atoms with E-state index in [0.717, 1.165) is 12.1 Å². The molecule has 0 amide bonds. The molecule has 0 unspecified atom stereocenters. The van der Waals surface area contributed by atoms with Crippen LogP contribution in [0.2, 0.25) is 5.02 Å². The SMILES string of the molecule is Fc1ccc(C=C2C=NC(=Nc3ccc(Cl)cc3)S2)cc1C(F)(F)F. The molecule has 0 aliphatic carbocycles. The summed E-state index contributed by atoms with van der Waals surface area (Å²) in [7, 11) is 0. The number of allylic oxidation sites excluding steroid dienone is 1. The van der Waals surface area contributed by atoms with Crippen molar-refractivity contribution in [2.45, 2.75) is 6.18 Å². The molecule has 2 aromatic rings. The number of hydrogen-bond donors (Lipinski definition) is 0. The van der Waals surface area contributed by atoms with Crippen LogP contribution in [0.25, 0.3) is 6.08 Å². The van der Waals surface area contributed by atoms with E-state index in [1.807, 2.05) is 0 Å². The highest BCUT2D eigenvalue weighted by molar-refractivity contribution is 8.18. The van der Waals surface area contributed by atoms with Crippen molar-refractivity contribution in [2.75, 3.05) is 0 Å². The minimum atomic E-state index is -4.74. The number of hydrogen-bond acceptors (Lipinski definition) is 2. The lowest BCUT2D eigenvalue weighted by Crippen LogP contribution is -2.08. The Morgan fingerprint density at radius 1 is 1.08 bits per heavy atom. The van der Waals surface area contributed by atoms with Crippen LogP contribution >= 0.6 is 23.4 Å². The summed E-state index contributed by atoms with van der Waals surface area (Å²) in [4.78, 5) is 9.02. The molecule has 1 heterocycles. The van der Waals surface area contributed by atoms with Gasteiger partial charge in [0.1, 0.15) is 5.82 Å². The van der Waals surface area contributed by atoms with Crippen LogP contribution in [-0.2, 0) is 6.18 Å². The Labute approximate surface area is 149 Å². The number of thioether (sulfide) groups is 1. The van der Waals surface area contributed by atoms with Crippen molar-refractivity contribution in [2.24, 2.45) is 9.98 Å². The summed E-state index contributed by atoms with van der Waals surface area (Å²) >= 11 is 7.00. The quantitative estimate of drug-likeness (QED) is 0.554. The lowest BCUT2D eigenvalue weighted by Gasteiger charge is -2.08. The van der Waals surface area contributed by atoms with Gasteiger partial charge in [0, 0.05) is 16.1 Å². The van der Waals surface area contributed by atoms with E-state index in [4.69, 9.17) is 11.6 Å². The van der Waals surface area contributed by atoms with E-state index in [0.29, 0.717) is 20.8 Å². The summed E-state index contributed by atoms with van der Waals surface area (Å²) in [6.07, 6.45) is -1.75. The Kier molecular flexibility index (Phi) is 4.96. The molecule has 2 nitrogen and oxygen atoms in total. The van der Waals surface area contributed by atoms with Gasteiger partial charge in [-0.2, -0.15) is 13.2 Å². The zero-order valence-corrected chi connectivity index (χ0v) is 14.0. The Morgan fingerprint density at radius 2 is 1.80 bits per heavy atom. The van der Waals surface area contributed by atoms with Gasteiger partial charge in [0.25, 0.3) is 0 Å². The average Bonchev–Trinajstić information content (AvgIpc) is 2.97. The first-order chi connectivity index (χ1) is 11.8. The molecule has 0 fully saturated rings. The maximum Gasteiger partial charge on any atom is 0.419 e. The van der Waals surface area contributed by atoms with Gasteiger partial charge in [-0.05, 0) is 59.8 Å². The summed E-state index contributed by atoms with van der Waals surface area (Å²) in [5, 5.41) is 1.04. The number of benzene rings is 2. The third-order valence-corrected chi connectivity index (χ3v) is 4.26. The van der Waals surface area contributed by atoms with Gasteiger partial charge in [-0.3, -0.25) is 0 Å². The maximum atomic E-state index is 13.3. The summed E-state index contributed by atoms with van der Waals surface area (Å²) in [5.74, 6) is -1.30. The van der Waals surface area contributed by atoms with Crippen LogP contribution in [0.1, 0.15) is 11.1 Å². The van der Waals surface area contributed by atoms with Crippen molar-refractivity contribution in [3.05, 3.63) is 69.3 Å². The second-order valence-corrected chi connectivity index (χ2v) is 6.49. The number of aliphatic imine (C=N–C) groups is 2. The van der Waals surface area contributed by atoms with Crippen LogP contribution in [-0.4, -0.2) is 11.4 Å². The van der Waals surface area contributed by atoms with E-state index in [1.54, 1.807) is 24.3 Å². The van der Waals surface area contributed by atoms with Crippen LogP contribution in [0.5, 0.6) is 0 Å². The fraction of sp³-hybridized carbons (Fsp3) is 0.0588. The minimum Gasteiger partial charge on any atom is -0.230 e. The van der Waals surface area contributed by atoms with Crippen molar-refractivity contribution in [1.82, 2.24) is 0 Å². The molecule has 0 N–H and O–H groups in total. The highest BCUT2D eigenvalue weighted by Crippen LogP contribution is 2.33. The minimum absolute atomic E-state index is 0.232. The molecule has 8 heteroatoms. The lowest BCUT2D eigenvalue weighted by atomic mass is 10.1. The zero-order chi connectivity index (χ0) is 18.0. The largest absolute Gasteiger partial charge is 0.419 e.